The van der Waals surface area contributed by atoms with Crippen LogP contribution in [0.4, 0.5) is 0 Å². The van der Waals surface area contributed by atoms with E-state index in [0.717, 1.165) is 0 Å². The van der Waals surface area contributed by atoms with Crippen LogP contribution in [0.1, 0.15) is 6.92 Å². The van der Waals surface area contributed by atoms with Crippen LogP contribution in [-0.4, -0.2) is 29.5 Å². The normalized spacial score (nSPS) is 4.67. The van der Waals surface area contributed by atoms with Gasteiger partial charge in [-0.3, -0.25) is 0 Å². The predicted octanol–water partition coefficient (Wildman–Crippen LogP) is 0.153. The molecule has 0 aliphatic carbocycles. The van der Waals surface area contributed by atoms with Gasteiger partial charge in [-0.1, -0.05) is 6.92 Å². The number of rotatable bonds is 0. The molecule has 0 aliphatic rings. The van der Waals surface area contributed by atoms with E-state index in [9.17, 15) is 0 Å². The van der Waals surface area contributed by atoms with Gasteiger partial charge in [0, 0.05) is 0 Å². The molecule has 0 spiro atoms. The van der Waals surface area contributed by atoms with Crippen molar-refractivity contribution in [1.29, 1.82) is 0 Å². The monoisotopic (exact) mass is 190 g/mol. The van der Waals surface area contributed by atoms with Crippen molar-refractivity contribution in [1.82, 2.24) is 0 Å². The molecule has 6 heavy (non-hydrogen) atoms. The van der Waals surface area contributed by atoms with E-state index in [1.54, 1.807) is 6.92 Å². The van der Waals surface area contributed by atoms with Crippen LogP contribution in [-0.2, 0) is 0 Å². The molecule has 0 heterocycles. The standard InChI is InChI=1S/C2H5O.2CH3.In/c1-2-3;;;/h2H2,1H3;2*1H3;/q-1;;;+1. The van der Waals surface area contributed by atoms with Crippen LogP contribution in [0.25, 0.3) is 0 Å². The Morgan fingerprint density at radius 3 is 1.50 bits per heavy atom. The van der Waals surface area contributed by atoms with E-state index in [1.807, 2.05) is 0 Å². The Morgan fingerprint density at radius 2 is 1.50 bits per heavy atom. The van der Waals surface area contributed by atoms with E-state index in [0.29, 0.717) is 0 Å². The molecule has 0 amide bonds. The molecule has 0 unspecified atom stereocenters. The fourth-order valence-corrected chi connectivity index (χ4v) is 0. The van der Waals surface area contributed by atoms with Crippen molar-refractivity contribution >= 4 is 22.9 Å². The van der Waals surface area contributed by atoms with Crippen LogP contribution >= 0.6 is 0 Å². The number of hydrogen-bond acceptors (Lipinski definition) is 1. The van der Waals surface area contributed by atoms with Crippen molar-refractivity contribution in [3.05, 3.63) is 0 Å². The molecule has 0 atom stereocenters. The van der Waals surface area contributed by atoms with Crippen LogP contribution in [0.3, 0.4) is 0 Å². The molecule has 0 bridgehead atoms. The molecule has 2 heteroatoms. The van der Waals surface area contributed by atoms with Crippen LogP contribution in [0.5, 0.6) is 0 Å². The van der Waals surface area contributed by atoms with E-state index < -0.39 is 0 Å². The summed E-state index contributed by atoms with van der Waals surface area (Å²) in [6.45, 7) is 1.57. The summed E-state index contributed by atoms with van der Waals surface area (Å²) >= 11 is 0.110. The number of hydrogen-bond donors (Lipinski definition) is 0. The van der Waals surface area contributed by atoms with Crippen LogP contribution in [0.15, 0.2) is 0 Å². The Hall–Kier alpha value is 0.830. The zero-order valence-electron chi connectivity index (χ0n) is 4.69. The van der Waals surface area contributed by atoms with Gasteiger partial charge in [-0.05, 0) is 0 Å². The zero-order chi connectivity index (χ0) is 5.41. The molecular formula is C4H11InO. The van der Waals surface area contributed by atoms with E-state index >= 15 is 0 Å². The Bertz CT molecular complexity index is 9.51. The summed E-state index contributed by atoms with van der Waals surface area (Å²) in [5.41, 5.74) is 0. The Kier molecular flexibility index (Phi) is 28.2. The second-order valence-electron chi connectivity index (χ2n) is 0.866. The molecular weight excluding hydrogens is 179 g/mol. The molecule has 0 saturated heterocycles. The van der Waals surface area contributed by atoms with Gasteiger partial charge in [0.05, 0.1) is 0 Å². The average molecular weight is 190 g/mol. The first-order valence-electron chi connectivity index (χ1n) is 2.15. The molecule has 0 aromatic carbocycles. The van der Waals surface area contributed by atoms with E-state index in [-0.39, 0.29) is 29.5 Å². The van der Waals surface area contributed by atoms with Crippen LogP contribution < -0.4 is 5.11 Å². The maximum absolute atomic E-state index is 8.93. The molecule has 36 valence electrons. The van der Waals surface area contributed by atoms with E-state index in [4.69, 9.17) is 5.11 Å². The third kappa shape index (κ3) is 103. The summed E-state index contributed by atoms with van der Waals surface area (Å²) in [7, 11) is 0. The summed E-state index contributed by atoms with van der Waals surface area (Å²) in [4.78, 5) is 0. The third-order valence-electron chi connectivity index (χ3n) is 0. The predicted molar refractivity (Wildman–Crippen MR) is 28.0 cm³/mol. The van der Waals surface area contributed by atoms with E-state index in [2.05, 4.69) is 9.36 Å². The minimum absolute atomic E-state index is 0. The first-order chi connectivity index (χ1) is 2.83. The SMILES string of the molecule is CC[O-].[CH3][In+][CH3]. The molecule has 0 aromatic heterocycles. The third-order valence-corrected chi connectivity index (χ3v) is 0. The van der Waals surface area contributed by atoms with Crippen molar-refractivity contribution < 1.29 is 5.11 Å². The molecule has 0 saturated carbocycles. The quantitative estimate of drug-likeness (QED) is 0.533. The van der Waals surface area contributed by atoms with Gasteiger partial charge in [-0.25, -0.2) is 0 Å². The van der Waals surface area contributed by atoms with Gasteiger partial charge in [0.1, 0.15) is 0 Å². The van der Waals surface area contributed by atoms with Gasteiger partial charge in [-0.2, -0.15) is 0 Å². The summed E-state index contributed by atoms with van der Waals surface area (Å²) in [6, 6.07) is 0. The zero-order valence-corrected chi connectivity index (χ0v) is 7.99. The first-order valence-corrected chi connectivity index (χ1v) is 8.74. The van der Waals surface area contributed by atoms with E-state index in [1.165, 1.54) is 0 Å². The fraction of sp³-hybridized carbons (Fsp3) is 1.00. The summed E-state index contributed by atoms with van der Waals surface area (Å²) < 4.78 is 4.63. The van der Waals surface area contributed by atoms with Gasteiger partial charge >= 0.3 is 32.3 Å². The first kappa shape index (κ1) is 9.95. The second kappa shape index (κ2) is 17.0. The van der Waals surface area contributed by atoms with Crippen molar-refractivity contribution in [3.8, 4) is 0 Å². The van der Waals surface area contributed by atoms with Gasteiger partial charge in [0.2, 0.25) is 0 Å². The van der Waals surface area contributed by atoms with Crippen molar-refractivity contribution in [2.75, 3.05) is 6.61 Å². The molecule has 0 rings (SSSR count). The topological polar surface area (TPSA) is 23.1 Å². The molecule has 0 N–H and O–H groups in total. The Morgan fingerprint density at radius 1 is 1.50 bits per heavy atom. The van der Waals surface area contributed by atoms with Crippen molar-refractivity contribution in [3.63, 3.8) is 0 Å². The van der Waals surface area contributed by atoms with Gasteiger partial charge < -0.3 is 5.11 Å². The Labute approximate surface area is 51.1 Å². The fourth-order valence-electron chi connectivity index (χ4n) is 0. The molecule has 0 radical (unpaired) electrons. The maximum atomic E-state index is 8.93. The van der Waals surface area contributed by atoms with Crippen LogP contribution in [0, 0.1) is 0 Å². The second-order valence-corrected chi connectivity index (χ2v) is 4.16. The molecule has 0 aromatic rings. The van der Waals surface area contributed by atoms with Crippen LogP contribution in [0.2, 0.25) is 9.36 Å². The minimum atomic E-state index is 0. The van der Waals surface area contributed by atoms with Gasteiger partial charge in [0.15, 0.2) is 0 Å². The van der Waals surface area contributed by atoms with Gasteiger partial charge in [-0.15, -0.1) is 6.61 Å². The molecule has 0 fully saturated rings. The summed E-state index contributed by atoms with van der Waals surface area (Å²) in [5.74, 6) is 0. The average Bonchev–Trinajstić information content (AvgIpc) is 1.39. The van der Waals surface area contributed by atoms with Gasteiger partial charge in [0.25, 0.3) is 0 Å². The molecule has 0 aliphatic heterocycles. The Balaban J connectivity index is 0. The van der Waals surface area contributed by atoms with Crippen molar-refractivity contribution in [2.24, 2.45) is 0 Å². The van der Waals surface area contributed by atoms with Crippen molar-refractivity contribution in [2.45, 2.75) is 16.3 Å². The summed E-state index contributed by atoms with van der Waals surface area (Å²) in [6.07, 6.45) is 0. The summed E-state index contributed by atoms with van der Waals surface area (Å²) in [5, 5.41) is 8.93. The molecule has 1 nitrogen and oxygen atoms in total.